The van der Waals surface area contributed by atoms with Crippen LogP contribution in [-0.2, 0) is 9.59 Å². The van der Waals surface area contributed by atoms with Crippen molar-refractivity contribution in [1.29, 1.82) is 0 Å². The van der Waals surface area contributed by atoms with Gasteiger partial charge in [-0.25, -0.2) is 9.37 Å². The lowest BCUT2D eigenvalue weighted by atomic mass is 9.95. The molecule has 31 heavy (non-hydrogen) atoms. The summed E-state index contributed by atoms with van der Waals surface area (Å²) in [6.45, 7) is 3.78. The van der Waals surface area contributed by atoms with Gasteiger partial charge >= 0.3 is 5.91 Å². The number of aromatic nitrogens is 1. The number of nitrogens with zero attached hydrogens (tertiary/aromatic N) is 2. The minimum atomic E-state index is -1.14. The van der Waals surface area contributed by atoms with E-state index in [1.807, 2.05) is 13.8 Å². The van der Waals surface area contributed by atoms with Crippen molar-refractivity contribution >= 4 is 33.9 Å². The SMILES string of the molecule is CC(C)Oc1ccc(/C(O)=C2\C(=O)C(=O)N(c3nccs3)[C@H]2c2ccccc2F)cc1. The topological polar surface area (TPSA) is 79.7 Å². The maximum absolute atomic E-state index is 14.7. The van der Waals surface area contributed by atoms with E-state index >= 15 is 0 Å². The summed E-state index contributed by atoms with van der Waals surface area (Å²) < 4.78 is 20.3. The van der Waals surface area contributed by atoms with Crippen molar-refractivity contribution in [2.75, 3.05) is 4.90 Å². The maximum Gasteiger partial charge on any atom is 0.301 e. The molecule has 8 heteroatoms. The summed E-state index contributed by atoms with van der Waals surface area (Å²) >= 11 is 1.15. The highest BCUT2D eigenvalue weighted by molar-refractivity contribution is 7.14. The highest BCUT2D eigenvalue weighted by atomic mass is 32.1. The molecule has 1 aliphatic rings. The first kappa shape index (κ1) is 20.7. The predicted molar refractivity (Wildman–Crippen MR) is 116 cm³/mol. The van der Waals surface area contributed by atoms with Gasteiger partial charge in [-0.2, -0.15) is 0 Å². The van der Waals surface area contributed by atoms with Gasteiger partial charge in [-0.15, -0.1) is 11.3 Å². The number of thiazole rings is 1. The monoisotopic (exact) mass is 438 g/mol. The van der Waals surface area contributed by atoms with Crippen LogP contribution in [0.4, 0.5) is 9.52 Å². The minimum absolute atomic E-state index is 0.0240. The molecule has 0 spiro atoms. The molecule has 0 unspecified atom stereocenters. The molecule has 1 saturated heterocycles. The van der Waals surface area contributed by atoms with Crippen molar-refractivity contribution in [3.05, 3.63) is 82.6 Å². The van der Waals surface area contributed by atoms with Gasteiger partial charge in [0.2, 0.25) is 0 Å². The van der Waals surface area contributed by atoms with Crippen LogP contribution in [0.2, 0.25) is 0 Å². The van der Waals surface area contributed by atoms with E-state index in [0.29, 0.717) is 11.3 Å². The summed E-state index contributed by atoms with van der Waals surface area (Å²) in [5.41, 5.74) is 0.218. The van der Waals surface area contributed by atoms with Crippen LogP contribution < -0.4 is 9.64 Å². The maximum atomic E-state index is 14.7. The lowest BCUT2D eigenvalue weighted by Crippen LogP contribution is -2.29. The summed E-state index contributed by atoms with van der Waals surface area (Å²) in [6, 6.07) is 11.2. The number of carbonyl (C=O) groups excluding carboxylic acids is 2. The summed E-state index contributed by atoms with van der Waals surface area (Å²) in [5, 5.41) is 12.9. The van der Waals surface area contributed by atoms with E-state index in [1.165, 1.54) is 24.4 Å². The molecule has 2 heterocycles. The normalized spacial score (nSPS) is 18.1. The van der Waals surface area contributed by atoms with Crippen LogP contribution in [0.15, 0.2) is 65.7 Å². The standard InChI is InChI=1S/C23H19FN2O4S/c1-13(2)30-15-9-7-14(8-10-15)20(27)18-19(16-5-3-4-6-17(16)24)26(22(29)21(18)28)23-25-11-12-31-23/h3-13,19,27H,1-2H3/b20-18+/t19-/m0/s1. The number of hydrogen-bond acceptors (Lipinski definition) is 6. The number of aliphatic hydroxyl groups is 1. The molecule has 1 atom stereocenters. The van der Waals surface area contributed by atoms with Crippen molar-refractivity contribution in [3.63, 3.8) is 0 Å². The number of Topliss-reactive ketones (excluding diaryl/α,β-unsaturated/α-hetero) is 1. The van der Waals surface area contributed by atoms with Crippen LogP contribution in [0, 0.1) is 5.82 Å². The van der Waals surface area contributed by atoms with Gasteiger partial charge in [0.1, 0.15) is 23.4 Å². The lowest BCUT2D eigenvalue weighted by Gasteiger charge is -2.23. The van der Waals surface area contributed by atoms with Crippen LogP contribution >= 0.6 is 11.3 Å². The van der Waals surface area contributed by atoms with Crippen molar-refractivity contribution in [1.82, 2.24) is 4.98 Å². The van der Waals surface area contributed by atoms with E-state index in [0.717, 1.165) is 16.2 Å². The number of benzene rings is 2. The van der Waals surface area contributed by atoms with E-state index in [9.17, 15) is 19.1 Å². The molecule has 3 aromatic rings. The van der Waals surface area contributed by atoms with Crippen LogP contribution in [0.1, 0.15) is 31.0 Å². The Balaban J connectivity index is 1.87. The highest BCUT2D eigenvalue weighted by Gasteiger charge is 2.48. The zero-order chi connectivity index (χ0) is 22.1. The third-order valence-corrected chi connectivity index (χ3v) is 5.54. The molecule has 2 aromatic carbocycles. The van der Waals surface area contributed by atoms with E-state index < -0.39 is 23.5 Å². The zero-order valence-corrected chi connectivity index (χ0v) is 17.6. The molecule has 1 amide bonds. The second-order valence-corrected chi connectivity index (χ2v) is 8.07. The Morgan fingerprint density at radius 2 is 1.87 bits per heavy atom. The highest BCUT2D eigenvalue weighted by Crippen LogP contribution is 2.43. The Hall–Kier alpha value is -3.52. The van der Waals surface area contributed by atoms with Gasteiger partial charge in [-0.05, 0) is 44.2 Å². The number of carbonyl (C=O) groups is 2. The molecule has 0 bridgehead atoms. The number of ether oxygens (including phenoxy) is 1. The number of hydrogen-bond donors (Lipinski definition) is 1. The van der Waals surface area contributed by atoms with Crippen LogP contribution in [-0.4, -0.2) is 27.9 Å². The molecule has 1 fully saturated rings. The number of ketones is 1. The van der Waals surface area contributed by atoms with Gasteiger partial charge in [0.25, 0.3) is 5.78 Å². The number of aliphatic hydroxyl groups excluding tert-OH is 1. The fourth-order valence-electron chi connectivity index (χ4n) is 3.47. The first-order valence-electron chi connectivity index (χ1n) is 9.60. The van der Waals surface area contributed by atoms with E-state index in [2.05, 4.69) is 4.98 Å². The van der Waals surface area contributed by atoms with Crippen molar-refractivity contribution in [2.45, 2.75) is 26.0 Å². The van der Waals surface area contributed by atoms with Crippen LogP contribution in [0.25, 0.3) is 5.76 Å². The Labute approximate surface area is 182 Å². The second-order valence-electron chi connectivity index (χ2n) is 7.20. The molecular formula is C23H19FN2O4S. The molecule has 1 aromatic heterocycles. The molecule has 4 rings (SSSR count). The van der Waals surface area contributed by atoms with Gasteiger partial charge in [0, 0.05) is 22.7 Å². The summed E-state index contributed by atoms with van der Waals surface area (Å²) in [6.07, 6.45) is 1.47. The fourth-order valence-corrected chi connectivity index (χ4v) is 4.14. The zero-order valence-electron chi connectivity index (χ0n) is 16.8. The third-order valence-electron chi connectivity index (χ3n) is 4.77. The average Bonchev–Trinajstić information content (AvgIpc) is 3.35. The smallest absolute Gasteiger partial charge is 0.301 e. The number of anilines is 1. The van der Waals surface area contributed by atoms with Gasteiger partial charge in [-0.1, -0.05) is 18.2 Å². The lowest BCUT2D eigenvalue weighted by molar-refractivity contribution is -0.132. The Bertz CT molecular complexity index is 1160. The Kier molecular flexibility index (Phi) is 5.56. The van der Waals surface area contributed by atoms with Crippen LogP contribution in [0.5, 0.6) is 5.75 Å². The molecular weight excluding hydrogens is 419 g/mol. The molecule has 1 aliphatic heterocycles. The van der Waals surface area contributed by atoms with Crippen molar-refractivity contribution in [3.8, 4) is 5.75 Å². The summed E-state index contributed by atoms with van der Waals surface area (Å²) in [4.78, 5) is 31.1. The van der Waals surface area contributed by atoms with Gasteiger partial charge < -0.3 is 9.84 Å². The average molecular weight is 438 g/mol. The summed E-state index contributed by atoms with van der Waals surface area (Å²) in [5.74, 6) is -2.15. The summed E-state index contributed by atoms with van der Waals surface area (Å²) in [7, 11) is 0. The molecule has 0 aliphatic carbocycles. The Morgan fingerprint density at radius 3 is 2.48 bits per heavy atom. The second kappa shape index (κ2) is 8.31. The van der Waals surface area contributed by atoms with Crippen molar-refractivity contribution in [2.24, 2.45) is 0 Å². The first-order chi connectivity index (χ1) is 14.9. The van der Waals surface area contributed by atoms with Crippen molar-refractivity contribution < 1.29 is 23.8 Å². The number of amides is 1. The van der Waals surface area contributed by atoms with E-state index in [1.54, 1.807) is 35.7 Å². The molecule has 158 valence electrons. The molecule has 0 radical (unpaired) electrons. The molecule has 0 saturated carbocycles. The number of rotatable bonds is 5. The van der Waals surface area contributed by atoms with E-state index in [4.69, 9.17) is 4.74 Å². The van der Waals surface area contributed by atoms with Gasteiger partial charge in [-0.3, -0.25) is 14.5 Å². The first-order valence-corrected chi connectivity index (χ1v) is 10.5. The molecule has 1 N–H and O–H groups in total. The predicted octanol–water partition coefficient (Wildman–Crippen LogP) is 4.70. The van der Waals surface area contributed by atoms with Gasteiger partial charge in [0.15, 0.2) is 5.13 Å². The molecule has 6 nitrogen and oxygen atoms in total. The van der Waals surface area contributed by atoms with Gasteiger partial charge in [0.05, 0.1) is 11.7 Å². The third kappa shape index (κ3) is 3.82. The Morgan fingerprint density at radius 1 is 1.16 bits per heavy atom. The quantitative estimate of drug-likeness (QED) is 0.355. The minimum Gasteiger partial charge on any atom is -0.507 e. The van der Waals surface area contributed by atoms with E-state index in [-0.39, 0.29) is 28.1 Å². The number of halogens is 1. The van der Waals surface area contributed by atoms with Crippen LogP contribution in [0.3, 0.4) is 0 Å². The largest absolute Gasteiger partial charge is 0.507 e. The fraction of sp³-hybridized carbons (Fsp3) is 0.174.